The van der Waals surface area contributed by atoms with Gasteiger partial charge in [-0.2, -0.15) is 0 Å². The lowest BCUT2D eigenvalue weighted by atomic mass is 10.2. The molecule has 0 aromatic heterocycles. The van der Waals surface area contributed by atoms with Crippen molar-refractivity contribution in [2.24, 2.45) is 0 Å². The van der Waals surface area contributed by atoms with Crippen LogP contribution in [-0.2, 0) is 4.79 Å². The summed E-state index contributed by atoms with van der Waals surface area (Å²) in [5.41, 5.74) is 2.00. The number of aldehydes is 1. The van der Waals surface area contributed by atoms with Crippen LogP contribution in [0, 0.1) is 0 Å². The minimum atomic E-state index is 0.210. The van der Waals surface area contributed by atoms with Crippen molar-refractivity contribution >= 4 is 18.0 Å². The van der Waals surface area contributed by atoms with Crippen molar-refractivity contribution in [3.8, 4) is 5.75 Å². The van der Waals surface area contributed by atoms with Crippen LogP contribution in [0.3, 0.4) is 0 Å². The maximum atomic E-state index is 10.6. The van der Waals surface area contributed by atoms with Crippen LogP contribution in [0.25, 0.3) is 0 Å². The highest BCUT2D eigenvalue weighted by Gasteiger charge is 2.15. The Hall–Kier alpha value is -1.26. The summed E-state index contributed by atoms with van der Waals surface area (Å²) >= 11 is 1.63. The molecule has 2 atom stereocenters. The minimum Gasteiger partial charge on any atom is -0.491 e. The average Bonchev–Trinajstić information content (AvgIpc) is 2.48. The molecule has 0 radical (unpaired) electrons. The first kappa shape index (κ1) is 14.2. The molecule has 1 aromatic carbocycles. The minimum absolute atomic E-state index is 0.210. The predicted octanol–water partition coefficient (Wildman–Crippen LogP) is 3.28. The molecule has 0 spiro atoms. The lowest BCUT2D eigenvalue weighted by Crippen LogP contribution is -2.24. The fourth-order valence-electron chi connectivity index (χ4n) is 1.76. The van der Waals surface area contributed by atoms with Gasteiger partial charge in [0.15, 0.2) is 0 Å². The first-order chi connectivity index (χ1) is 9.22. The van der Waals surface area contributed by atoms with Crippen molar-refractivity contribution < 1.29 is 9.53 Å². The Morgan fingerprint density at radius 1 is 1.47 bits per heavy atom. The van der Waals surface area contributed by atoms with Crippen LogP contribution < -0.4 is 10.1 Å². The summed E-state index contributed by atoms with van der Waals surface area (Å²) in [6.07, 6.45) is 2.14. The second kappa shape index (κ2) is 6.78. The number of carbonyl (C=O) groups excluding carboxylic acids is 1. The highest BCUT2D eigenvalue weighted by atomic mass is 32.2. The fourth-order valence-corrected chi connectivity index (χ4v) is 2.70. The zero-order chi connectivity index (χ0) is 13.7. The molecule has 1 heterocycles. The summed E-state index contributed by atoms with van der Waals surface area (Å²) in [5, 5.41) is 5.47. The average molecular weight is 277 g/mol. The van der Waals surface area contributed by atoms with Crippen LogP contribution in [0.4, 0.5) is 0 Å². The topological polar surface area (TPSA) is 38.3 Å². The van der Waals surface area contributed by atoms with Crippen LogP contribution in [0.15, 0.2) is 35.2 Å². The highest BCUT2D eigenvalue weighted by molar-refractivity contribution is 8.02. The first-order valence-corrected chi connectivity index (χ1v) is 7.47. The van der Waals surface area contributed by atoms with E-state index < -0.39 is 0 Å². The van der Waals surface area contributed by atoms with Crippen molar-refractivity contribution in [3.05, 3.63) is 40.8 Å². The Bertz CT molecular complexity index is 456. The fraction of sp³-hybridized carbons (Fsp3) is 0.400. The molecule has 1 aliphatic heterocycles. The molecule has 102 valence electrons. The van der Waals surface area contributed by atoms with Gasteiger partial charge < -0.3 is 4.74 Å². The summed E-state index contributed by atoms with van der Waals surface area (Å²) in [6.45, 7) is 4.81. The van der Waals surface area contributed by atoms with Gasteiger partial charge in [0.1, 0.15) is 12.0 Å². The first-order valence-electron chi connectivity index (χ1n) is 6.52. The smallest absolute Gasteiger partial charge is 0.147 e. The van der Waals surface area contributed by atoms with Crippen LogP contribution in [0.2, 0.25) is 0 Å². The Morgan fingerprint density at radius 3 is 2.74 bits per heavy atom. The number of rotatable bonds is 5. The summed E-state index contributed by atoms with van der Waals surface area (Å²) in [5.74, 6) is 0.906. The van der Waals surface area contributed by atoms with E-state index in [9.17, 15) is 4.79 Å². The molecule has 2 unspecified atom stereocenters. The van der Waals surface area contributed by atoms with Crippen LogP contribution in [-0.4, -0.2) is 18.9 Å². The summed E-state index contributed by atoms with van der Waals surface area (Å²) in [4.78, 5) is 10.6. The number of ether oxygens (including phenoxy) is 1. The molecule has 0 saturated heterocycles. The Balaban J connectivity index is 1.99. The largest absolute Gasteiger partial charge is 0.491 e. The maximum absolute atomic E-state index is 10.6. The van der Waals surface area contributed by atoms with E-state index in [1.165, 1.54) is 5.56 Å². The van der Waals surface area contributed by atoms with Gasteiger partial charge >= 0.3 is 0 Å². The molecule has 0 aliphatic carbocycles. The zero-order valence-corrected chi connectivity index (χ0v) is 12.1. The van der Waals surface area contributed by atoms with Crippen molar-refractivity contribution in [2.45, 2.75) is 31.7 Å². The van der Waals surface area contributed by atoms with Crippen molar-refractivity contribution in [1.82, 2.24) is 5.32 Å². The van der Waals surface area contributed by atoms with Crippen molar-refractivity contribution in [3.63, 3.8) is 0 Å². The molecule has 2 rings (SSSR count). The van der Waals surface area contributed by atoms with E-state index in [4.69, 9.17) is 4.74 Å². The summed E-state index contributed by atoms with van der Waals surface area (Å²) < 4.78 is 5.75. The van der Waals surface area contributed by atoms with Gasteiger partial charge in [0.05, 0.1) is 11.5 Å². The van der Waals surface area contributed by atoms with Gasteiger partial charge in [0.2, 0.25) is 0 Å². The van der Waals surface area contributed by atoms with Gasteiger partial charge in [-0.25, -0.2) is 0 Å². The van der Waals surface area contributed by atoms with E-state index in [0.29, 0.717) is 6.54 Å². The second-order valence-electron chi connectivity index (χ2n) is 4.61. The van der Waals surface area contributed by atoms with Crippen LogP contribution in [0.5, 0.6) is 5.75 Å². The molecule has 0 saturated carbocycles. The molecular weight excluding hydrogens is 258 g/mol. The monoisotopic (exact) mass is 277 g/mol. The number of benzene rings is 1. The summed E-state index contributed by atoms with van der Waals surface area (Å²) in [6, 6.07) is 8.15. The molecule has 0 amide bonds. The van der Waals surface area contributed by atoms with Gasteiger partial charge in [-0.3, -0.25) is 10.1 Å². The molecule has 1 aromatic rings. The second-order valence-corrected chi connectivity index (χ2v) is 5.59. The molecule has 1 aliphatic rings. The number of hydrogen-bond acceptors (Lipinski definition) is 4. The van der Waals surface area contributed by atoms with Crippen LogP contribution >= 0.6 is 11.8 Å². The number of nitrogens with one attached hydrogen (secondary N) is 1. The Kier molecular flexibility index (Phi) is 5.05. The maximum Gasteiger partial charge on any atom is 0.147 e. The van der Waals surface area contributed by atoms with E-state index in [1.807, 2.05) is 17.5 Å². The zero-order valence-electron chi connectivity index (χ0n) is 11.3. The SMILES string of the molecule is CCC(C)Oc1ccc(C2NCC(C=O)=CS2)cc1. The lowest BCUT2D eigenvalue weighted by molar-refractivity contribution is -0.104. The van der Waals surface area contributed by atoms with E-state index >= 15 is 0 Å². The molecule has 19 heavy (non-hydrogen) atoms. The molecule has 4 heteroatoms. The number of thioether (sulfide) groups is 1. The van der Waals surface area contributed by atoms with E-state index in [2.05, 4.69) is 31.3 Å². The van der Waals surface area contributed by atoms with Gasteiger partial charge in [-0.1, -0.05) is 19.1 Å². The number of carbonyl (C=O) groups is 1. The Morgan fingerprint density at radius 2 is 2.21 bits per heavy atom. The van der Waals surface area contributed by atoms with Crippen molar-refractivity contribution in [2.75, 3.05) is 6.54 Å². The Labute approximate surface area is 118 Å². The van der Waals surface area contributed by atoms with Gasteiger partial charge in [0, 0.05) is 12.1 Å². The third-order valence-electron chi connectivity index (χ3n) is 3.09. The normalized spacial score (nSPS) is 20.5. The third kappa shape index (κ3) is 3.85. The highest BCUT2D eigenvalue weighted by Crippen LogP contribution is 2.31. The quantitative estimate of drug-likeness (QED) is 0.838. The summed E-state index contributed by atoms with van der Waals surface area (Å²) in [7, 11) is 0. The molecule has 1 N–H and O–H groups in total. The van der Waals surface area contributed by atoms with E-state index in [-0.39, 0.29) is 11.5 Å². The molecule has 0 bridgehead atoms. The lowest BCUT2D eigenvalue weighted by Gasteiger charge is -2.22. The molecule has 3 nitrogen and oxygen atoms in total. The predicted molar refractivity (Wildman–Crippen MR) is 79.3 cm³/mol. The number of hydrogen-bond donors (Lipinski definition) is 1. The molecule has 0 fully saturated rings. The third-order valence-corrected chi connectivity index (χ3v) is 4.24. The van der Waals surface area contributed by atoms with Crippen LogP contribution in [0.1, 0.15) is 31.2 Å². The van der Waals surface area contributed by atoms with E-state index in [0.717, 1.165) is 24.0 Å². The van der Waals surface area contributed by atoms with Gasteiger partial charge in [-0.05, 0) is 36.4 Å². The van der Waals surface area contributed by atoms with Crippen molar-refractivity contribution in [1.29, 1.82) is 0 Å². The van der Waals surface area contributed by atoms with Gasteiger partial charge in [0.25, 0.3) is 0 Å². The standard InChI is InChI=1S/C15H19NO2S/c1-3-11(2)18-14-6-4-13(5-7-14)15-16-8-12(9-17)10-19-15/h4-7,9-11,15-16H,3,8H2,1-2H3. The van der Waals surface area contributed by atoms with Gasteiger partial charge in [-0.15, -0.1) is 11.8 Å². The molecular formula is C15H19NO2S. The van der Waals surface area contributed by atoms with E-state index in [1.54, 1.807) is 11.8 Å².